The number of hydrogen-bond acceptors (Lipinski definition) is 4. The van der Waals surface area contributed by atoms with E-state index in [9.17, 15) is 9.59 Å². The van der Waals surface area contributed by atoms with Crippen LogP contribution < -0.4 is 10.9 Å². The van der Waals surface area contributed by atoms with Crippen molar-refractivity contribution in [3.63, 3.8) is 0 Å². The maximum Gasteiger partial charge on any atom is 0.310 e. The van der Waals surface area contributed by atoms with E-state index in [4.69, 9.17) is 9.73 Å². The first-order chi connectivity index (χ1) is 15.1. The fraction of sp³-hybridized carbons (Fsp3) is 0.458. The third kappa shape index (κ3) is 6.44. The highest BCUT2D eigenvalue weighted by molar-refractivity contribution is 5.81. The summed E-state index contributed by atoms with van der Waals surface area (Å²) in [4.78, 5) is 31.0. The Balaban J connectivity index is 1.64. The molecule has 1 atom stereocenters. The first kappa shape index (κ1) is 22.6. The van der Waals surface area contributed by atoms with Gasteiger partial charge in [-0.1, -0.05) is 30.3 Å². The van der Waals surface area contributed by atoms with Crippen molar-refractivity contribution in [1.29, 1.82) is 0 Å². The van der Waals surface area contributed by atoms with Crippen LogP contribution in [0, 0.1) is 5.92 Å². The maximum atomic E-state index is 12.2. The summed E-state index contributed by atoms with van der Waals surface area (Å²) in [5.41, 5.74) is 2.16. The zero-order chi connectivity index (χ0) is 22.1. The predicted molar refractivity (Wildman–Crippen MR) is 122 cm³/mol. The van der Waals surface area contributed by atoms with Crippen molar-refractivity contribution in [2.24, 2.45) is 10.9 Å². The number of rotatable bonds is 7. The highest BCUT2D eigenvalue weighted by Crippen LogP contribution is 2.18. The van der Waals surface area contributed by atoms with Gasteiger partial charge in [0, 0.05) is 31.9 Å². The number of hydrogen-bond donors (Lipinski definition) is 1. The summed E-state index contributed by atoms with van der Waals surface area (Å²) >= 11 is 0. The van der Waals surface area contributed by atoms with Crippen LogP contribution in [-0.4, -0.2) is 47.6 Å². The van der Waals surface area contributed by atoms with Gasteiger partial charge in [0.1, 0.15) is 0 Å². The van der Waals surface area contributed by atoms with E-state index in [2.05, 4.69) is 10.2 Å². The van der Waals surface area contributed by atoms with E-state index >= 15 is 0 Å². The molecule has 2 heterocycles. The summed E-state index contributed by atoms with van der Waals surface area (Å²) < 4.78 is 6.90. The lowest BCUT2D eigenvalue weighted by atomic mass is 9.98. The molecule has 7 heteroatoms. The van der Waals surface area contributed by atoms with Crippen LogP contribution in [0.5, 0.6) is 0 Å². The van der Waals surface area contributed by atoms with E-state index < -0.39 is 0 Å². The van der Waals surface area contributed by atoms with Crippen LogP contribution in [0.3, 0.4) is 0 Å². The largest absolute Gasteiger partial charge is 0.466 e. The van der Waals surface area contributed by atoms with E-state index in [1.165, 1.54) is 0 Å². The molecule has 0 bridgehead atoms. The molecule has 1 aromatic carbocycles. The number of carbonyl (C=O) groups is 1. The summed E-state index contributed by atoms with van der Waals surface area (Å²) in [6.45, 7) is 7.68. The van der Waals surface area contributed by atoms with Crippen molar-refractivity contribution in [2.45, 2.75) is 39.8 Å². The molecular formula is C24H32N4O3. The summed E-state index contributed by atoms with van der Waals surface area (Å²) in [7, 11) is 0. The van der Waals surface area contributed by atoms with Gasteiger partial charge in [-0.3, -0.25) is 9.59 Å². The van der Waals surface area contributed by atoms with E-state index in [1.807, 2.05) is 44.2 Å². The molecule has 3 rings (SSSR count). The van der Waals surface area contributed by atoms with Gasteiger partial charge in [0.25, 0.3) is 5.56 Å². The zero-order valence-corrected chi connectivity index (χ0v) is 18.4. The predicted octanol–water partition coefficient (Wildman–Crippen LogP) is 2.64. The fourth-order valence-corrected chi connectivity index (χ4v) is 3.75. The highest BCUT2D eigenvalue weighted by atomic mass is 16.5. The van der Waals surface area contributed by atoms with Crippen molar-refractivity contribution < 1.29 is 9.53 Å². The molecule has 0 aliphatic carbocycles. The van der Waals surface area contributed by atoms with Crippen molar-refractivity contribution in [3.8, 4) is 0 Å². The van der Waals surface area contributed by atoms with Gasteiger partial charge in [0.15, 0.2) is 5.96 Å². The number of benzene rings is 1. The van der Waals surface area contributed by atoms with E-state index in [0.29, 0.717) is 26.2 Å². The number of guanidine groups is 1. The SMILES string of the molecule is CCNC(=NCc1ccc(Cn2ccccc2=O)cc1)N1CCCC(C(=O)OCC)C1. The quantitative estimate of drug-likeness (QED) is 0.420. The molecule has 166 valence electrons. The first-order valence-corrected chi connectivity index (χ1v) is 11.0. The fourth-order valence-electron chi connectivity index (χ4n) is 3.75. The molecule has 0 saturated carbocycles. The van der Waals surface area contributed by atoms with Crippen LogP contribution in [0.1, 0.15) is 37.8 Å². The van der Waals surface area contributed by atoms with E-state index in [1.54, 1.807) is 22.9 Å². The average molecular weight is 425 g/mol. The van der Waals surface area contributed by atoms with Crippen LogP contribution >= 0.6 is 0 Å². The lowest BCUT2D eigenvalue weighted by Gasteiger charge is -2.34. The van der Waals surface area contributed by atoms with Gasteiger partial charge in [-0.05, 0) is 43.9 Å². The highest BCUT2D eigenvalue weighted by Gasteiger charge is 2.28. The standard InChI is InChI=1S/C24H32N4O3/c1-3-25-24(28-15-7-8-21(18-28)23(30)31-4-2)26-16-19-10-12-20(13-11-19)17-27-14-6-5-9-22(27)29/h5-6,9-14,21H,3-4,7-8,15-18H2,1-2H3,(H,25,26). The molecule has 0 amide bonds. The van der Waals surface area contributed by atoms with Crippen molar-refractivity contribution >= 4 is 11.9 Å². The molecule has 1 aliphatic rings. The zero-order valence-electron chi connectivity index (χ0n) is 18.4. The molecule has 7 nitrogen and oxygen atoms in total. The molecule has 0 radical (unpaired) electrons. The van der Waals surface area contributed by atoms with Crippen molar-refractivity contribution in [1.82, 2.24) is 14.8 Å². The number of likely N-dealkylation sites (tertiary alicyclic amines) is 1. The number of nitrogens with one attached hydrogen (secondary N) is 1. The first-order valence-electron chi connectivity index (χ1n) is 11.0. The second-order valence-corrected chi connectivity index (χ2v) is 7.69. The number of nitrogens with zero attached hydrogens (tertiary/aromatic N) is 3. The minimum absolute atomic E-state index is 0.00545. The second kappa shape index (κ2) is 11.3. The Bertz CT molecular complexity index is 936. The Morgan fingerprint density at radius 1 is 1.16 bits per heavy atom. The molecule has 1 fully saturated rings. The lowest BCUT2D eigenvalue weighted by Crippen LogP contribution is -2.48. The molecule has 2 aromatic rings. The third-order valence-electron chi connectivity index (χ3n) is 5.36. The number of aromatic nitrogens is 1. The van der Waals surface area contributed by atoms with Crippen molar-refractivity contribution in [2.75, 3.05) is 26.2 Å². The maximum absolute atomic E-state index is 12.2. The Hall–Kier alpha value is -3.09. The Morgan fingerprint density at radius 2 is 1.94 bits per heavy atom. The molecule has 1 aromatic heterocycles. The van der Waals surface area contributed by atoms with Crippen LogP contribution in [0.4, 0.5) is 0 Å². The van der Waals surface area contributed by atoms with Crippen LogP contribution in [0.25, 0.3) is 0 Å². The Morgan fingerprint density at radius 3 is 2.65 bits per heavy atom. The van der Waals surface area contributed by atoms with E-state index in [-0.39, 0.29) is 17.4 Å². The average Bonchev–Trinajstić information content (AvgIpc) is 2.79. The van der Waals surface area contributed by atoms with Crippen molar-refractivity contribution in [3.05, 3.63) is 70.1 Å². The third-order valence-corrected chi connectivity index (χ3v) is 5.36. The molecule has 1 saturated heterocycles. The Kier molecular flexibility index (Phi) is 8.27. The van der Waals surface area contributed by atoms with Gasteiger partial charge in [0.05, 0.1) is 25.6 Å². The minimum Gasteiger partial charge on any atom is -0.466 e. The summed E-state index contributed by atoms with van der Waals surface area (Å²) in [6, 6.07) is 13.4. The van der Waals surface area contributed by atoms with Gasteiger partial charge >= 0.3 is 5.97 Å². The molecule has 31 heavy (non-hydrogen) atoms. The molecule has 1 aliphatic heterocycles. The number of aliphatic imine (C=N–C) groups is 1. The summed E-state index contributed by atoms with van der Waals surface area (Å²) in [6.07, 6.45) is 3.60. The van der Waals surface area contributed by atoms with Crippen LogP contribution in [0.15, 0.2) is 58.4 Å². The lowest BCUT2D eigenvalue weighted by molar-refractivity contribution is -0.149. The monoisotopic (exact) mass is 424 g/mol. The Labute approximate surface area is 183 Å². The number of esters is 1. The summed E-state index contributed by atoms with van der Waals surface area (Å²) in [5, 5.41) is 3.35. The van der Waals surface area contributed by atoms with Gasteiger partial charge in [-0.15, -0.1) is 0 Å². The minimum atomic E-state index is -0.115. The topological polar surface area (TPSA) is 75.9 Å². The van der Waals surface area contributed by atoms with Gasteiger partial charge in [-0.2, -0.15) is 0 Å². The van der Waals surface area contributed by atoms with Gasteiger partial charge < -0.3 is 19.5 Å². The molecule has 0 spiro atoms. The second-order valence-electron chi connectivity index (χ2n) is 7.69. The van der Waals surface area contributed by atoms with Gasteiger partial charge in [-0.25, -0.2) is 4.99 Å². The smallest absolute Gasteiger partial charge is 0.310 e. The number of piperidine rings is 1. The number of ether oxygens (including phenoxy) is 1. The van der Waals surface area contributed by atoms with Crippen LogP contribution in [0.2, 0.25) is 0 Å². The van der Waals surface area contributed by atoms with Gasteiger partial charge in [0.2, 0.25) is 0 Å². The normalized spacial score (nSPS) is 16.8. The molecule has 1 unspecified atom stereocenters. The molecule has 1 N–H and O–H groups in total. The molecular weight excluding hydrogens is 392 g/mol. The van der Waals surface area contributed by atoms with Crippen LogP contribution in [-0.2, 0) is 22.6 Å². The number of pyridine rings is 1. The number of carbonyl (C=O) groups excluding carboxylic acids is 1. The summed E-state index contributed by atoms with van der Waals surface area (Å²) in [5.74, 6) is 0.616. The van der Waals surface area contributed by atoms with E-state index in [0.717, 1.165) is 43.0 Å².